The number of aliphatic hydroxyl groups excluding tert-OH is 2. The first-order valence-electron chi connectivity index (χ1n) is 8.39. The molecule has 122 valence electrons. The third-order valence-electron chi connectivity index (χ3n) is 3.97. The highest BCUT2D eigenvalue weighted by atomic mass is 16.3. The van der Waals surface area contributed by atoms with Gasteiger partial charge in [-0.25, -0.2) is 0 Å². The standard InChI is InChI=1S/C16H36N2O2/c1-5-8-9-10-11-17-14(16(20)7-3)12-18-13(4)15(19)6-2/h13-20H,5-12H2,1-4H3. The van der Waals surface area contributed by atoms with Crippen molar-refractivity contribution in [3.05, 3.63) is 0 Å². The zero-order valence-corrected chi connectivity index (χ0v) is 13.9. The Morgan fingerprint density at radius 1 is 0.850 bits per heavy atom. The van der Waals surface area contributed by atoms with E-state index in [1.54, 1.807) is 0 Å². The van der Waals surface area contributed by atoms with E-state index in [0.717, 1.165) is 25.8 Å². The first-order chi connectivity index (χ1) is 9.56. The molecule has 0 heterocycles. The summed E-state index contributed by atoms with van der Waals surface area (Å²) in [5.74, 6) is 0. The van der Waals surface area contributed by atoms with Crippen LogP contribution in [0.15, 0.2) is 0 Å². The molecule has 0 bridgehead atoms. The van der Waals surface area contributed by atoms with Gasteiger partial charge in [-0.1, -0.05) is 40.0 Å². The van der Waals surface area contributed by atoms with E-state index in [4.69, 9.17) is 0 Å². The fourth-order valence-electron chi connectivity index (χ4n) is 2.27. The minimum absolute atomic E-state index is 0.0631. The molecule has 0 radical (unpaired) electrons. The van der Waals surface area contributed by atoms with Crippen molar-refractivity contribution >= 4 is 0 Å². The van der Waals surface area contributed by atoms with Gasteiger partial charge < -0.3 is 20.8 Å². The Morgan fingerprint density at radius 3 is 2.05 bits per heavy atom. The van der Waals surface area contributed by atoms with Crippen LogP contribution in [-0.2, 0) is 0 Å². The summed E-state index contributed by atoms with van der Waals surface area (Å²) in [7, 11) is 0. The minimum atomic E-state index is -0.334. The molecule has 0 rings (SSSR count). The van der Waals surface area contributed by atoms with Crippen molar-refractivity contribution in [2.45, 2.75) is 90.5 Å². The number of hydrogen-bond acceptors (Lipinski definition) is 4. The molecule has 0 spiro atoms. The van der Waals surface area contributed by atoms with Gasteiger partial charge in [0.25, 0.3) is 0 Å². The summed E-state index contributed by atoms with van der Waals surface area (Å²) >= 11 is 0. The summed E-state index contributed by atoms with van der Waals surface area (Å²) in [6.45, 7) is 9.83. The summed E-state index contributed by atoms with van der Waals surface area (Å²) in [5, 5.41) is 26.6. The fraction of sp³-hybridized carbons (Fsp3) is 1.00. The van der Waals surface area contributed by atoms with E-state index in [1.165, 1.54) is 19.3 Å². The molecule has 4 heteroatoms. The highest BCUT2D eigenvalue weighted by Gasteiger charge is 2.19. The van der Waals surface area contributed by atoms with E-state index in [2.05, 4.69) is 17.6 Å². The maximum absolute atomic E-state index is 10.1. The molecule has 4 atom stereocenters. The molecule has 20 heavy (non-hydrogen) atoms. The van der Waals surface area contributed by atoms with Gasteiger partial charge in [-0.2, -0.15) is 0 Å². The number of hydrogen-bond donors (Lipinski definition) is 4. The predicted octanol–water partition coefficient (Wildman–Crippen LogP) is 2.04. The van der Waals surface area contributed by atoms with Crippen molar-refractivity contribution in [3.63, 3.8) is 0 Å². The third-order valence-corrected chi connectivity index (χ3v) is 3.97. The molecule has 0 aliphatic heterocycles. The highest BCUT2D eigenvalue weighted by Crippen LogP contribution is 2.03. The Bertz CT molecular complexity index is 215. The first-order valence-corrected chi connectivity index (χ1v) is 8.39. The third kappa shape index (κ3) is 8.90. The second kappa shape index (κ2) is 12.6. The molecule has 4 unspecified atom stereocenters. The Morgan fingerprint density at radius 2 is 1.50 bits per heavy atom. The van der Waals surface area contributed by atoms with Crippen LogP contribution in [0, 0.1) is 0 Å². The minimum Gasteiger partial charge on any atom is -0.392 e. The average Bonchev–Trinajstić information content (AvgIpc) is 2.47. The van der Waals surface area contributed by atoms with E-state index in [-0.39, 0.29) is 24.3 Å². The van der Waals surface area contributed by atoms with Crippen LogP contribution in [-0.4, -0.2) is 47.6 Å². The van der Waals surface area contributed by atoms with Gasteiger partial charge in [0.15, 0.2) is 0 Å². The lowest BCUT2D eigenvalue weighted by Crippen LogP contribution is -2.50. The highest BCUT2D eigenvalue weighted by molar-refractivity contribution is 4.80. The van der Waals surface area contributed by atoms with E-state index >= 15 is 0 Å². The molecule has 0 aromatic rings. The monoisotopic (exact) mass is 288 g/mol. The average molecular weight is 288 g/mol. The maximum Gasteiger partial charge on any atom is 0.0703 e. The van der Waals surface area contributed by atoms with Crippen LogP contribution in [0.3, 0.4) is 0 Å². The number of aliphatic hydroxyl groups is 2. The van der Waals surface area contributed by atoms with Crippen LogP contribution in [0.1, 0.15) is 66.2 Å². The Balaban J connectivity index is 4.02. The molecule has 0 fully saturated rings. The van der Waals surface area contributed by atoms with Crippen molar-refractivity contribution in [3.8, 4) is 0 Å². The normalized spacial score (nSPS) is 17.7. The van der Waals surface area contributed by atoms with Crippen molar-refractivity contribution < 1.29 is 10.2 Å². The topological polar surface area (TPSA) is 64.5 Å². The van der Waals surface area contributed by atoms with Gasteiger partial charge in [-0.05, 0) is 32.7 Å². The quantitative estimate of drug-likeness (QED) is 0.392. The van der Waals surface area contributed by atoms with E-state index < -0.39 is 0 Å². The van der Waals surface area contributed by atoms with Gasteiger partial charge in [-0.15, -0.1) is 0 Å². The molecule has 0 aliphatic rings. The summed E-state index contributed by atoms with van der Waals surface area (Å²) in [6.07, 6.45) is 5.78. The van der Waals surface area contributed by atoms with Crippen molar-refractivity contribution in [2.75, 3.05) is 13.1 Å². The second-order valence-electron chi connectivity index (χ2n) is 5.77. The number of nitrogens with one attached hydrogen (secondary N) is 2. The van der Waals surface area contributed by atoms with E-state index in [1.807, 2.05) is 20.8 Å². The van der Waals surface area contributed by atoms with Crippen LogP contribution < -0.4 is 10.6 Å². The Hall–Kier alpha value is -0.160. The van der Waals surface area contributed by atoms with Gasteiger partial charge in [0.1, 0.15) is 0 Å². The molecule has 4 N–H and O–H groups in total. The fourth-order valence-corrected chi connectivity index (χ4v) is 2.27. The molecule has 0 amide bonds. The van der Waals surface area contributed by atoms with Crippen molar-refractivity contribution in [1.82, 2.24) is 10.6 Å². The van der Waals surface area contributed by atoms with Gasteiger partial charge in [0, 0.05) is 18.6 Å². The molecule has 0 aliphatic carbocycles. The van der Waals surface area contributed by atoms with Crippen LogP contribution in [0.4, 0.5) is 0 Å². The number of unbranched alkanes of at least 4 members (excludes halogenated alkanes) is 3. The lowest BCUT2D eigenvalue weighted by Gasteiger charge is -2.27. The van der Waals surface area contributed by atoms with Gasteiger partial charge in [0.2, 0.25) is 0 Å². The zero-order valence-electron chi connectivity index (χ0n) is 13.9. The van der Waals surface area contributed by atoms with Crippen LogP contribution in [0.25, 0.3) is 0 Å². The van der Waals surface area contributed by atoms with Gasteiger partial charge in [-0.3, -0.25) is 0 Å². The van der Waals surface area contributed by atoms with E-state index in [9.17, 15) is 10.2 Å². The van der Waals surface area contributed by atoms with E-state index in [0.29, 0.717) is 6.54 Å². The van der Waals surface area contributed by atoms with Crippen molar-refractivity contribution in [2.24, 2.45) is 0 Å². The van der Waals surface area contributed by atoms with Crippen LogP contribution in [0.2, 0.25) is 0 Å². The zero-order chi connectivity index (χ0) is 15.4. The predicted molar refractivity (Wildman–Crippen MR) is 86.0 cm³/mol. The summed E-state index contributed by atoms with van der Waals surface area (Å²) in [6, 6.07) is 0.126. The first kappa shape index (κ1) is 19.8. The summed E-state index contributed by atoms with van der Waals surface area (Å²) in [5.41, 5.74) is 0. The summed E-state index contributed by atoms with van der Waals surface area (Å²) in [4.78, 5) is 0. The maximum atomic E-state index is 10.1. The lowest BCUT2D eigenvalue weighted by molar-refractivity contribution is 0.103. The van der Waals surface area contributed by atoms with Crippen LogP contribution >= 0.6 is 0 Å². The number of rotatable bonds is 13. The van der Waals surface area contributed by atoms with Gasteiger partial charge in [0.05, 0.1) is 12.2 Å². The van der Waals surface area contributed by atoms with Crippen molar-refractivity contribution in [1.29, 1.82) is 0 Å². The molecule has 4 nitrogen and oxygen atoms in total. The second-order valence-corrected chi connectivity index (χ2v) is 5.77. The molecule has 0 aromatic carbocycles. The smallest absolute Gasteiger partial charge is 0.0703 e. The molecule has 0 saturated heterocycles. The Kier molecular flexibility index (Phi) is 12.5. The molecular weight excluding hydrogens is 252 g/mol. The Labute approximate surface area is 125 Å². The largest absolute Gasteiger partial charge is 0.392 e. The summed E-state index contributed by atoms with van der Waals surface area (Å²) < 4.78 is 0. The molecule has 0 aromatic heterocycles. The molecule has 0 saturated carbocycles. The SMILES string of the molecule is CCCCCCNC(CNC(C)C(O)CC)C(O)CC. The molecular formula is C16H36N2O2. The lowest BCUT2D eigenvalue weighted by atomic mass is 10.1. The van der Waals surface area contributed by atoms with Crippen LogP contribution in [0.5, 0.6) is 0 Å². The van der Waals surface area contributed by atoms with Gasteiger partial charge >= 0.3 is 0 Å².